The van der Waals surface area contributed by atoms with Crippen molar-refractivity contribution < 1.29 is 44.7 Å². The van der Waals surface area contributed by atoms with Gasteiger partial charge < -0.3 is 30.3 Å². The van der Waals surface area contributed by atoms with Crippen LogP contribution in [0.15, 0.2) is 18.2 Å². The molecule has 5 N–H and O–H groups in total. The molecule has 0 spiro atoms. The third-order valence-corrected chi connectivity index (χ3v) is 5.76. The minimum Gasteiger partial charge on any atom is -0.507 e. The summed E-state index contributed by atoms with van der Waals surface area (Å²) in [4.78, 5) is 38.3. The minimum atomic E-state index is -2.21. The summed E-state index contributed by atoms with van der Waals surface area (Å²) in [6.07, 6.45) is -2.75. The van der Waals surface area contributed by atoms with Crippen molar-refractivity contribution in [3.63, 3.8) is 0 Å². The highest BCUT2D eigenvalue weighted by Gasteiger charge is 2.48. The Bertz CT molecular complexity index is 1130. The number of ketones is 3. The quantitative estimate of drug-likeness (QED) is 0.376. The fourth-order valence-corrected chi connectivity index (χ4v) is 4.30. The molecule has 2 aromatic carbocycles. The maximum atomic E-state index is 13.2. The fraction of sp³-hybridized carbons (Fsp3) is 0.286. The predicted octanol–water partition coefficient (Wildman–Crippen LogP) is 0.154. The average Bonchev–Trinajstić information content (AvgIpc) is 2.72. The van der Waals surface area contributed by atoms with E-state index in [4.69, 9.17) is 9.84 Å². The number of hydrogen-bond acceptors (Lipinski definition) is 9. The Morgan fingerprint density at radius 1 is 1.13 bits per heavy atom. The first-order chi connectivity index (χ1) is 14.2. The van der Waals surface area contributed by atoms with Crippen LogP contribution in [-0.2, 0) is 11.2 Å². The zero-order valence-corrected chi connectivity index (χ0v) is 15.8. The first-order valence-corrected chi connectivity index (χ1v) is 9.08. The smallest absolute Gasteiger partial charge is 0.202 e. The first kappa shape index (κ1) is 20.0. The van der Waals surface area contributed by atoms with E-state index in [2.05, 4.69) is 0 Å². The lowest BCUT2D eigenvalue weighted by Crippen LogP contribution is -2.47. The molecule has 30 heavy (non-hydrogen) atoms. The normalized spacial score (nSPS) is 22.2. The minimum absolute atomic E-state index is 0.0421. The molecule has 2 aliphatic carbocycles. The largest absolute Gasteiger partial charge is 0.507 e. The molecule has 0 aromatic heterocycles. The number of Topliss-reactive ketones (excluding diaryl/α,β-unsaturated/α-hetero) is 1. The average molecular weight is 414 g/mol. The third kappa shape index (κ3) is 2.49. The summed E-state index contributed by atoms with van der Waals surface area (Å²) in [6.45, 7) is -0.999. The highest BCUT2D eigenvalue weighted by molar-refractivity contribution is 6.31. The van der Waals surface area contributed by atoms with E-state index in [1.165, 1.54) is 25.3 Å². The molecule has 4 rings (SSSR count). The number of phenols is 2. The molecule has 9 nitrogen and oxygen atoms in total. The van der Waals surface area contributed by atoms with Crippen LogP contribution >= 0.6 is 0 Å². The van der Waals surface area contributed by atoms with Crippen molar-refractivity contribution in [2.75, 3.05) is 13.7 Å². The van der Waals surface area contributed by atoms with Crippen molar-refractivity contribution in [2.24, 2.45) is 0 Å². The molecule has 1 unspecified atom stereocenters. The lowest BCUT2D eigenvalue weighted by atomic mass is 9.72. The standard InChI is InChI=1S/C21H18O9/c1-30-11-4-2-3-8-14(11)20(28)16-15(17(8)25)18(26)9-5-21(29,12(24)7-22)6-10(23)13(9)19(16)27/h2-4,10,22-23,26-27,29H,5-7H2,1H3/t10?,21-/m1/s1. The van der Waals surface area contributed by atoms with E-state index in [0.29, 0.717) is 0 Å². The maximum Gasteiger partial charge on any atom is 0.202 e. The molecule has 0 heterocycles. The van der Waals surface area contributed by atoms with E-state index in [0.717, 1.165) is 0 Å². The van der Waals surface area contributed by atoms with Crippen LogP contribution in [0.4, 0.5) is 0 Å². The van der Waals surface area contributed by atoms with Crippen molar-refractivity contribution in [2.45, 2.75) is 24.5 Å². The molecule has 9 heteroatoms. The second-order valence-corrected chi connectivity index (χ2v) is 7.39. The van der Waals surface area contributed by atoms with Crippen molar-refractivity contribution in [1.82, 2.24) is 0 Å². The third-order valence-electron chi connectivity index (χ3n) is 5.76. The SMILES string of the molecule is COc1cccc2c1C(=O)c1c(O)c3c(c(O)c1C2=O)C[C@](O)(C(=O)CO)CC3O. The first-order valence-electron chi connectivity index (χ1n) is 9.08. The number of aromatic hydroxyl groups is 2. The number of aliphatic hydroxyl groups excluding tert-OH is 2. The van der Waals surface area contributed by atoms with E-state index < -0.39 is 71.1 Å². The summed E-state index contributed by atoms with van der Waals surface area (Å²) in [6, 6.07) is 4.34. The Labute approximate surface area is 169 Å². The molecule has 0 aliphatic heterocycles. The molecule has 156 valence electrons. The molecule has 0 radical (unpaired) electrons. The zero-order valence-electron chi connectivity index (χ0n) is 15.8. The predicted molar refractivity (Wildman–Crippen MR) is 100.0 cm³/mol. The van der Waals surface area contributed by atoms with Gasteiger partial charge in [-0.3, -0.25) is 14.4 Å². The number of fused-ring (bicyclic) bond motifs is 3. The molecular weight excluding hydrogens is 396 g/mol. The molecule has 0 saturated heterocycles. The van der Waals surface area contributed by atoms with Crippen molar-refractivity contribution in [3.05, 3.63) is 51.6 Å². The number of ether oxygens (including phenoxy) is 1. The van der Waals surface area contributed by atoms with Crippen LogP contribution in [0, 0.1) is 0 Å². The van der Waals surface area contributed by atoms with Crippen LogP contribution in [0.1, 0.15) is 55.5 Å². The van der Waals surface area contributed by atoms with E-state index >= 15 is 0 Å². The van der Waals surface area contributed by atoms with Gasteiger partial charge in [0.1, 0.15) is 29.5 Å². The highest BCUT2D eigenvalue weighted by Crippen LogP contribution is 2.50. The van der Waals surface area contributed by atoms with Gasteiger partial charge in [-0.05, 0) is 6.07 Å². The van der Waals surface area contributed by atoms with Crippen molar-refractivity contribution in [3.8, 4) is 17.2 Å². The topological polar surface area (TPSA) is 162 Å². The summed E-state index contributed by atoms with van der Waals surface area (Å²) in [5.41, 5.74) is -3.77. The lowest BCUT2D eigenvalue weighted by molar-refractivity contribution is -0.145. The molecular formula is C21H18O9. The second-order valence-electron chi connectivity index (χ2n) is 7.39. The van der Waals surface area contributed by atoms with Crippen molar-refractivity contribution >= 4 is 17.3 Å². The molecule has 0 saturated carbocycles. The summed E-state index contributed by atoms with van der Waals surface area (Å²) < 4.78 is 5.16. The van der Waals surface area contributed by atoms with Gasteiger partial charge in [-0.25, -0.2) is 0 Å². The fourth-order valence-electron chi connectivity index (χ4n) is 4.30. The number of carbonyl (C=O) groups is 3. The van der Waals surface area contributed by atoms with Crippen LogP contribution in [0.3, 0.4) is 0 Å². The van der Waals surface area contributed by atoms with E-state index in [1.54, 1.807) is 0 Å². The van der Waals surface area contributed by atoms with Gasteiger partial charge in [0, 0.05) is 29.5 Å². The summed E-state index contributed by atoms with van der Waals surface area (Å²) in [5, 5.41) is 51.9. The van der Waals surface area contributed by atoms with Gasteiger partial charge in [0.2, 0.25) is 5.78 Å². The summed E-state index contributed by atoms with van der Waals surface area (Å²) >= 11 is 0. The van der Waals surface area contributed by atoms with Crippen LogP contribution in [-0.4, -0.2) is 62.2 Å². The highest BCUT2D eigenvalue weighted by atomic mass is 16.5. The van der Waals surface area contributed by atoms with Crippen LogP contribution in [0.25, 0.3) is 0 Å². The molecule has 2 aliphatic rings. The number of hydrogen-bond donors (Lipinski definition) is 5. The summed E-state index contributed by atoms with van der Waals surface area (Å²) in [7, 11) is 1.32. The van der Waals surface area contributed by atoms with Crippen LogP contribution in [0.5, 0.6) is 17.2 Å². The summed E-state index contributed by atoms with van der Waals surface area (Å²) in [5.74, 6) is -3.83. The van der Waals surface area contributed by atoms with Crippen LogP contribution < -0.4 is 4.74 Å². The maximum absolute atomic E-state index is 13.2. The Hall–Kier alpha value is -3.27. The molecule has 0 bridgehead atoms. The molecule has 2 atom stereocenters. The van der Waals surface area contributed by atoms with Gasteiger partial charge in [-0.1, -0.05) is 12.1 Å². The van der Waals surface area contributed by atoms with E-state index in [1.807, 2.05) is 0 Å². The van der Waals surface area contributed by atoms with Crippen molar-refractivity contribution in [1.29, 1.82) is 0 Å². The van der Waals surface area contributed by atoms with Gasteiger partial charge in [-0.15, -0.1) is 0 Å². The number of benzene rings is 2. The Balaban J connectivity index is 2.01. The number of methoxy groups -OCH3 is 1. The van der Waals surface area contributed by atoms with Gasteiger partial charge in [0.15, 0.2) is 11.6 Å². The Kier molecular flexibility index (Phi) is 4.42. The monoisotopic (exact) mass is 414 g/mol. The van der Waals surface area contributed by atoms with E-state index in [-0.39, 0.29) is 28.0 Å². The zero-order chi connectivity index (χ0) is 22.0. The molecule has 0 amide bonds. The lowest BCUT2D eigenvalue weighted by Gasteiger charge is -2.36. The van der Waals surface area contributed by atoms with Gasteiger partial charge >= 0.3 is 0 Å². The van der Waals surface area contributed by atoms with Gasteiger partial charge in [-0.2, -0.15) is 0 Å². The number of phenolic OH excluding ortho intramolecular Hbond substituents is 2. The molecule has 2 aromatic rings. The number of aliphatic hydroxyl groups is 3. The van der Waals surface area contributed by atoms with Gasteiger partial charge in [0.25, 0.3) is 0 Å². The number of carbonyl (C=O) groups excluding carboxylic acids is 3. The molecule has 0 fully saturated rings. The van der Waals surface area contributed by atoms with Gasteiger partial charge in [0.05, 0.1) is 29.9 Å². The number of rotatable bonds is 3. The van der Waals surface area contributed by atoms with Crippen LogP contribution in [0.2, 0.25) is 0 Å². The Morgan fingerprint density at radius 3 is 2.43 bits per heavy atom. The second kappa shape index (κ2) is 6.63. The van der Waals surface area contributed by atoms with E-state index in [9.17, 15) is 34.8 Å². The Morgan fingerprint density at radius 2 is 1.80 bits per heavy atom.